The summed E-state index contributed by atoms with van der Waals surface area (Å²) >= 11 is 5.96. The molecule has 0 spiro atoms. The highest BCUT2D eigenvalue weighted by Gasteiger charge is 2.09. The third-order valence-corrected chi connectivity index (χ3v) is 3.88. The number of carbonyl (C=O) groups is 2. The van der Waals surface area contributed by atoms with Gasteiger partial charge in [-0.05, 0) is 43.3 Å². The summed E-state index contributed by atoms with van der Waals surface area (Å²) in [6.07, 6.45) is 0.0677. The van der Waals surface area contributed by atoms with Gasteiger partial charge in [0.1, 0.15) is 0 Å². The summed E-state index contributed by atoms with van der Waals surface area (Å²) in [7, 11) is 3.90. The number of hydrazone groups is 1. The van der Waals surface area contributed by atoms with Gasteiger partial charge in [-0.2, -0.15) is 5.10 Å². The number of hydrogen-bond acceptors (Lipinski definition) is 4. The van der Waals surface area contributed by atoms with E-state index in [0.29, 0.717) is 22.0 Å². The predicted octanol–water partition coefficient (Wildman–Crippen LogP) is 3.54. The Balaban J connectivity index is 1.89. The minimum atomic E-state index is -0.422. The Kier molecular flexibility index (Phi) is 6.74. The van der Waals surface area contributed by atoms with Crippen molar-refractivity contribution in [3.63, 3.8) is 0 Å². The second-order valence-electron chi connectivity index (χ2n) is 5.93. The highest BCUT2D eigenvalue weighted by molar-refractivity contribution is 6.33. The molecule has 0 bridgehead atoms. The molecule has 0 atom stereocenters. The van der Waals surface area contributed by atoms with E-state index in [1.165, 1.54) is 0 Å². The number of amides is 2. The number of carbonyl (C=O) groups excluding carboxylic acids is 2. The highest BCUT2D eigenvalue weighted by Crippen LogP contribution is 2.16. The number of nitrogens with zero attached hydrogens (tertiary/aromatic N) is 2. The maximum atomic E-state index is 12.1. The summed E-state index contributed by atoms with van der Waals surface area (Å²) < 4.78 is 0. The molecule has 2 N–H and O–H groups in total. The lowest BCUT2D eigenvalue weighted by molar-refractivity contribution is -0.115. The Morgan fingerprint density at radius 2 is 1.73 bits per heavy atom. The van der Waals surface area contributed by atoms with Crippen LogP contribution in [0, 0.1) is 0 Å². The van der Waals surface area contributed by atoms with E-state index in [9.17, 15) is 9.59 Å². The molecular formula is C19H21ClN4O2. The Hall–Kier alpha value is -2.86. The average molecular weight is 373 g/mol. The van der Waals surface area contributed by atoms with E-state index in [0.717, 1.165) is 5.69 Å². The molecule has 136 valence electrons. The van der Waals surface area contributed by atoms with Crippen LogP contribution in [0.15, 0.2) is 53.6 Å². The summed E-state index contributed by atoms with van der Waals surface area (Å²) in [5.41, 5.74) is 4.96. The Morgan fingerprint density at radius 3 is 2.35 bits per heavy atom. The van der Waals surface area contributed by atoms with Crippen molar-refractivity contribution >= 4 is 40.5 Å². The van der Waals surface area contributed by atoms with E-state index in [1.807, 2.05) is 43.3 Å². The molecule has 0 fully saturated rings. The van der Waals surface area contributed by atoms with Gasteiger partial charge in [0.05, 0.1) is 17.0 Å². The van der Waals surface area contributed by atoms with Gasteiger partial charge in [0.2, 0.25) is 5.91 Å². The van der Waals surface area contributed by atoms with Crippen LogP contribution in [0.1, 0.15) is 23.7 Å². The summed E-state index contributed by atoms with van der Waals surface area (Å²) in [5, 5.41) is 7.09. The van der Waals surface area contributed by atoms with Gasteiger partial charge in [-0.25, -0.2) is 5.43 Å². The van der Waals surface area contributed by atoms with E-state index in [4.69, 9.17) is 11.6 Å². The van der Waals surface area contributed by atoms with Crippen LogP contribution < -0.4 is 15.6 Å². The Labute approximate surface area is 157 Å². The van der Waals surface area contributed by atoms with E-state index in [2.05, 4.69) is 15.8 Å². The fourth-order valence-corrected chi connectivity index (χ4v) is 2.39. The average Bonchev–Trinajstić information content (AvgIpc) is 2.60. The molecule has 0 unspecified atom stereocenters. The SMILES string of the molecule is C/C(CC(=O)Nc1ccc(N(C)C)cc1)=N\NC(=O)c1ccccc1Cl. The monoisotopic (exact) mass is 372 g/mol. The Bertz CT molecular complexity index is 817. The maximum Gasteiger partial charge on any atom is 0.272 e. The lowest BCUT2D eigenvalue weighted by atomic mass is 10.2. The first-order valence-corrected chi connectivity index (χ1v) is 8.40. The van der Waals surface area contributed by atoms with Crippen molar-refractivity contribution in [3.8, 4) is 0 Å². The van der Waals surface area contributed by atoms with Crippen molar-refractivity contribution in [3.05, 3.63) is 59.1 Å². The predicted molar refractivity (Wildman–Crippen MR) is 106 cm³/mol. The number of nitrogens with one attached hydrogen (secondary N) is 2. The van der Waals surface area contributed by atoms with Crippen LogP contribution in [0.25, 0.3) is 0 Å². The lowest BCUT2D eigenvalue weighted by Crippen LogP contribution is -2.21. The quantitative estimate of drug-likeness (QED) is 0.601. The van der Waals surface area contributed by atoms with Crippen molar-refractivity contribution in [1.82, 2.24) is 5.43 Å². The minimum absolute atomic E-state index is 0.0677. The van der Waals surface area contributed by atoms with E-state index in [-0.39, 0.29) is 12.3 Å². The molecule has 0 saturated carbocycles. The summed E-state index contributed by atoms with van der Waals surface area (Å²) in [6, 6.07) is 14.2. The summed E-state index contributed by atoms with van der Waals surface area (Å²) in [5.74, 6) is -0.634. The first-order valence-electron chi connectivity index (χ1n) is 8.02. The molecule has 0 saturated heterocycles. The van der Waals surface area contributed by atoms with Gasteiger partial charge in [0.25, 0.3) is 5.91 Å². The first-order chi connectivity index (χ1) is 12.4. The van der Waals surface area contributed by atoms with Gasteiger partial charge in [-0.15, -0.1) is 0 Å². The number of benzene rings is 2. The van der Waals surface area contributed by atoms with Gasteiger partial charge >= 0.3 is 0 Å². The van der Waals surface area contributed by atoms with Crippen molar-refractivity contribution in [1.29, 1.82) is 0 Å². The normalized spacial score (nSPS) is 11.0. The third-order valence-electron chi connectivity index (χ3n) is 3.55. The lowest BCUT2D eigenvalue weighted by Gasteiger charge is -2.13. The van der Waals surface area contributed by atoms with Gasteiger partial charge < -0.3 is 10.2 Å². The maximum absolute atomic E-state index is 12.1. The van der Waals surface area contributed by atoms with Crippen molar-refractivity contribution in [2.45, 2.75) is 13.3 Å². The molecule has 26 heavy (non-hydrogen) atoms. The molecule has 0 aliphatic rings. The summed E-state index contributed by atoms with van der Waals surface area (Å²) in [4.78, 5) is 26.1. The van der Waals surface area contributed by atoms with Crippen LogP contribution in [0.4, 0.5) is 11.4 Å². The fourth-order valence-electron chi connectivity index (χ4n) is 2.17. The molecule has 6 nitrogen and oxygen atoms in total. The molecule has 2 amide bonds. The van der Waals surface area contributed by atoms with Gasteiger partial charge in [0.15, 0.2) is 0 Å². The molecule has 2 aromatic rings. The smallest absolute Gasteiger partial charge is 0.272 e. The number of anilines is 2. The van der Waals surface area contributed by atoms with Crippen molar-refractivity contribution < 1.29 is 9.59 Å². The number of hydrogen-bond donors (Lipinski definition) is 2. The zero-order valence-electron chi connectivity index (χ0n) is 14.9. The topological polar surface area (TPSA) is 73.8 Å². The zero-order chi connectivity index (χ0) is 19.1. The molecule has 0 aliphatic carbocycles. The second-order valence-corrected chi connectivity index (χ2v) is 6.34. The van der Waals surface area contributed by atoms with Crippen LogP contribution in [-0.4, -0.2) is 31.6 Å². The molecule has 2 rings (SSSR count). The fraction of sp³-hybridized carbons (Fsp3) is 0.211. The van der Waals surface area contributed by atoms with Gasteiger partial charge in [0, 0.05) is 31.2 Å². The molecular weight excluding hydrogens is 352 g/mol. The highest BCUT2D eigenvalue weighted by atomic mass is 35.5. The molecule has 0 aliphatic heterocycles. The van der Waals surface area contributed by atoms with Crippen LogP contribution in [0.2, 0.25) is 5.02 Å². The van der Waals surface area contributed by atoms with Crippen LogP contribution in [0.3, 0.4) is 0 Å². The third kappa shape index (κ3) is 5.60. The van der Waals surface area contributed by atoms with E-state index in [1.54, 1.807) is 31.2 Å². The Morgan fingerprint density at radius 1 is 1.08 bits per heavy atom. The summed E-state index contributed by atoms with van der Waals surface area (Å²) in [6.45, 7) is 1.67. The van der Waals surface area contributed by atoms with Crippen LogP contribution in [-0.2, 0) is 4.79 Å². The second kappa shape index (κ2) is 9.01. The molecule has 0 aromatic heterocycles. The van der Waals surface area contributed by atoms with E-state index >= 15 is 0 Å². The minimum Gasteiger partial charge on any atom is -0.378 e. The molecule has 0 heterocycles. The molecule has 2 aromatic carbocycles. The van der Waals surface area contributed by atoms with Crippen molar-refractivity contribution in [2.24, 2.45) is 5.10 Å². The standard InChI is InChI=1S/C19H21ClN4O2/c1-13(22-23-19(26)16-6-4-5-7-17(16)20)12-18(25)21-14-8-10-15(11-9-14)24(2)3/h4-11H,12H2,1-3H3,(H,21,25)(H,23,26)/b22-13+. The molecule has 0 radical (unpaired) electrons. The number of rotatable bonds is 6. The van der Waals surface area contributed by atoms with E-state index < -0.39 is 5.91 Å². The van der Waals surface area contributed by atoms with Crippen molar-refractivity contribution in [2.75, 3.05) is 24.3 Å². The van der Waals surface area contributed by atoms with Gasteiger partial charge in [-0.3, -0.25) is 9.59 Å². The molecule has 7 heteroatoms. The van der Waals surface area contributed by atoms with Gasteiger partial charge in [-0.1, -0.05) is 23.7 Å². The zero-order valence-corrected chi connectivity index (χ0v) is 15.7. The first kappa shape index (κ1) is 19.5. The number of halogens is 1. The van der Waals surface area contributed by atoms with Crippen LogP contribution >= 0.6 is 11.6 Å². The largest absolute Gasteiger partial charge is 0.378 e. The van der Waals surface area contributed by atoms with Crippen LogP contribution in [0.5, 0.6) is 0 Å².